The fourth-order valence-corrected chi connectivity index (χ4v) is 11.9. The molecule has 0 radical (unpaired) electrons. The molecule has 0 aromatic heterocycles. The Morgan fingerprint density at radius 3 is 1.29 bits per heavy atom. The maximum Gasteiger partial charge on any atom is 0.0737 e. The number of rotatable bonds is 3. The first-order valence-electron chi connectivity index (χ1n) is 22.1. The highest BCUT2D eigenvalue weighted by molar-refractivity contribution is 6.23. The van der Waals surface area contributed by atoms with Crippen LogP contribution in [0.25, 0.3) is 109 Å². The molecular weight excluding hydrogens is 757 g/mol. The number of fused-ring (bicyclic) bond motifs is 17. The van der Waals surface area contributed by atoms with Crippen molar-refractivity contribution in [1.29, 1.82) is 0 Å². The lowest BCUT2D eigenvalue weighted by Crippen LogP contribution is -2.26. The van der Waals surface area contributed by atoms with Gasteiger partial charge in [-0.2, -0.15) is 0 Å². The number of hydrogen-bond acceptors (Lipinski definition) is 0. The predicted octanol–water partition coefficient (Wildman–Crippen LogP) is 16.8. The van der Waals surface area contributed by atoms with Crippen molar-refractivity contribution in [3.05, 3.63) is 253 Å². The van der Waals surface area contributed by atoms with Crippen molar-refractivity contribution in [3.8, 4) is 55.6 Å². The van der Waals surface area contributed by atoms with Gasteiger partial charge in [-0.3, -0.25) is 0 Å². The molecule has 0 atom stereocenters. The lowest BCUT2D eigenvalue weighted by Gasteiger charge is -2.32. The summed E-state index contributed by atoms with van der Waals surface area (Å²) in [6.45, 7) is 0. The van der Waals surface area contributed by atoms with Crippen LogP contribution in [0.1, 0.15) is 22.3 Å². The summed E-state index contributed by atoms with van der Waals surface area (Å²) in [5.74, 6) is 0. The molecule has 12 aromatic carbocycles. The zero-order valence-electron chi connectivity index (χ0n) is 34.4. The van der Waals surface area contributed by atoms with Gasteiger partial charge >= 0.3 is 0 Å². The molecule has 14 rings (SSSR count). The minimum atomic E-state index is -0.434. The standard InChI is InChI=1S/C63H38/c1-3-17-45-40(14-1)16-13-25-50(45)60-53-23-7-5-21-51(53)59(52-22-6-8-24-54(52)60)42-30-28-39(29-31-42)43-33-35-47-44(38-43)34-37-56-55-36-32-41-15-2-4-18-46(41)61(55)63(62(47)56)57-26-11-9-19-48(57)49-20-10-12-27-58(49)63/h1-38H. The summed E-state index contributed by atoms with van der Waals surface area (Å²) in [6, 6.07) is 86.5. The van der Waals surface area contributed by atoms with Crippen molar-refractivity contribution in [3.63, 3.8) is 0 Å². The van der Waals surface area contributed by atoms with Gasteiger partial charge < -0.3 is 0 Å². The molecule has 0 nitrogen and oxygen atoms in total. The first kappa shape index (κ1) is 34.6. The van der Waals surface area contributed by atoms with Crippen LogP contribution in [0.5, 0.6) is 0 Å². The van der Waals surface area contributed by atoms with Crippen molar-refractivity contribution in [1.82, 2.24) is 0 Å². The van der Waals surface area contributed by atoms with Gasteiger partial charge in [-0.15, -0.1) is 0 Å². The Bertz CT molecular complexity index is 3790. The van der Waals surface area contributed by atoms with E-state index in [-0.39, 0.29) is 0 Å². The Morgan fingerprint density at radius 2 is 0.651 bits per heavy atom. The van der Waals surface area contributed by atoms with Crippen LogP contribution in [0.2, 0.25) is 0 Å². The zero-order chi connectivity index (χ0) is 41.2. The Kier molecular flexibility index (Phi) is 7.13. The molecule has 0 saturated heterocycles. The van der Waals surface area contributed by atoms with Gasteiger partial charge in [-0.25, -0.2) is 0 Å². The Balaban J connectivity index is 0.940. The van der Waals surface area contributed by atoms with Crippen LogP contribution in [0.4, 0.5) is 0 Å². The third-order valence-electron chi connectivity index (χ3n) is 14.4. The van der Waals surface area contributed by atoms with Gasteiger partial charge in [-0.1, -0.05) is 224 Å². The van der Waals surface area contributed by atoms with E-state index in [1.54, 1.807) is 0 Å². The second kappa shape index (κ2) is 13.0. The van der Waals surface area contributed by atoms with Crippen LogP contribution in [0.15, 0.2) is 231 Å². The lowest BCUT2D eigenvalue weighted by molar-refractivity contribution is 0.809. The third kappa shape index (κ3) is 4.65. The van der Waals surface area contributed by atoms with E-state index in [4.69, 9.17) is 0 Å². The predicted molar refractivity (Wildman–Crippen MR) is 267 cm³/mol. The van der Waals surface area contributed by atoms with Crippen LogP contribution in [0, 0.1) is 0 Å². The van der Waals surface area contributed by atoms with Gasteiger partial charge in [-0.05, 0) is 138 Å². The number of benzene rings is 12. The molecule has 0 bridgehead atoms. The molecule has 1 spiro atoms. The van der Waals surface area contributed by atoms with Gasteiger partial charge in [0.25, 0.3) is 0 Å². The zero-order valence-corrected chi connectivity index (χ0v) is 34.4. The van der Waals surface area contributed by atoms with Gasteiger partial charge in [0.05, 0.1) is 5.41 Å². The molecule has 0 heteroatoms. The van der Waals surface area contributed by atoms with Crippen LogP contribution < -0.4 is 0 Å². The molecule has 0 fully saturated rings. The highest BCUT2D eigenvalue weighted by Gasteiger charge is 2.53. The lowest BCUT2D eigenvalue weighted by atomic mass is 9.68. The highest BCUT2D eigenvalue weighted by atomic mass is 14.5. The number of hydrogen-bond donors (Lipinski definition) is 0. The minimum Gasteiger partial charge on any atom is -0.0619 e. The molecule has 2 aliphatic rings. The topological polar surface area (TPSA) is 0 Å². The quantitative estimate of drug-likeness (QED) is 0.156. The monoisotopic (exact) mass is 794 g/mol. The summed E-state index contributed by atoms with van der Waals surface area (Å²) >= 11 is 0. The molecule has 0 saturated carbocycles. The molecule has 0 aliphatic heterocycles. The fraction of sp³-hybridized carbons (Fsp3) is 0.0159. The molecule has 2 aliphatic carbocycles. The normalized spacial score (nSPS) is 13.2. The van der Waals surface area contributed by atoms with Crippen molar-refractivity contribution in [2.75, 3.05) is 0 Å². The molecule has 0 N–H and O–H groups in total. The van der Waals surface area contributed by atoms with Gasteiger partial charge in [0.1, 0.15) is 0 Å². The van der Waals surface area contributed by atoms with Crippen LogP contribution in [-0.2, 0) is 5.41 Å². The maximum atomic E-state index is 2.41. The summed E-state index contributed by atoms with van der Waals surface area (Å²) in [4.78, 5) is 0. The Labute approximate surface area is 366 Å². The van der Waals surface area contributed by atoms with Crippen LogP contribution in [0.3, 0.4) is 0 Å². The van der Waals surface area contributed by atoms with Gasteiger partial charge in [0.2, 0.25) is 0 Å². The summed E-state index contributed by atoms with van der Waals surface area (Å²) in [5.41, 5.74) is 17.9. The van der Waals surface area contributed by atoms with E-state index in [0.717, 1.165) is 0 Å². The van der Waals surface area contributed by atoms with Crippen LogP contribution >= 0.6 is 0 Å². The van der Waals surface area contributed by atoms with Crippen molar-refractivity contribution < 1.29 is 0 Å². The first-order valence-corrected chi connectivity index (χ1v) is 22.1. The van der Waals surface area contributed by atoms with Crippen molar-refractivity contribution in [2.24, 2.45) is 0 Å². The summed E-state index contributed by atoms with van der Waals surface area (Å²) in [5, 5.41) is 12.8. The first-order chi connectivity index (χ1) is 31.3. The SMILES string of the molecule is c1ccc2c(c1)-c1ccccc1C21c2c(ccc3ccccc23)-c2ccc3cc(-c4ccc(-c5c6ccccc6c(-c6cccc7ccccc67)c6ccccc56)cc4)ccc3c21. The largest absolute Gasteiger partial charge is 0.0737 e. The average Bonchev–Trinajstić information content (AvgIpc) is 3.83. The van der Waals surface area contributed by atoms with Gasteiger partial charge in [0, 0.05) is 0 Å². The minimum absolute atomic E-state index is 0.434. The molecule has 0 unspecified atom stereocenters. The highest BCUT2D eigenvalue weighted by Crippen LogP contribution is 2.65. The van der Waals surface area contributed by atoms with E-state index in [2.05, 4.69) is 231 Å². The second-order valence-electron chi connectivity index (χ2n) is 17.4. The summed E-state index contributed by atoms with van der Waals surface area (Å²) < 4.78 is 0. The third-order valence-corrected chi connectivity index (χ3v) is 14.4. The average molecular weight is 795 g/mol. The molecular formula is C63H38. The van der Waals surface area contributed by atoms with E-state index in [9.17, 15) is 0 Å². The fourth-order valence-electron chi connectivity index (χ4n) is 11.9. The molecule has 290 valence electrons. The Morgan fingerprint density at radius 1 is 0.222 bits per heavy atom. The smallest absolute Gasteiger partial charge is 0.0619 e. The van der Waals surface area contributed by atoms with E-state index in [1.165, 1.54) is 132 Å². The van der Waals surface area contributed by atoms with E-state index < -0.39 is 5.41 Å². The van der Waals surface area contributed by atoms with E-state index >= 15 is 0 Å². The van der Waals surface area contributed by atoms with Gasteiger partial charge in [0.15, 0.2) is 0 Å². The summed E-state index contributed by atoms with van der Waals surface area (Å²) in [7, 11) is 0. The molecule has 12 aromatic rings. The molecule has 0 heterocycles. The summed E-state index contributed by atoms with van der Waals surface area (Å²) in [6.07, 6.45) is 0. The van der Waals surface area contributed by atoms with Crippen molar-refractivity contribution >= 4 is 53.9 Å². The molecule has 0 amide bonds. The van der Waals surface area contributed by atoms with E-state index in [0.29, 0.717) is 0 Å². The second-order valence-corrected chi connectivity index (χ2v) is 17.4. The van der Waals surface area contributed by atoms with Crippen molar-refractivity contribution in [2.45, 2.75) is 5.41 Å². The van der Waals surface area contributed by atoms with E-state index in [1.807, 2.05) is 0 Å². The molecule has 63 heavy (non-hydrogen) atoms. The van der Waals surface area contributed by atoms with Crippen LogP contribution in [-0.4, -0.2) is 0 Å². The Hall–Kier alpha value is -8.06. The maximum absolute atomic E-state index is 2.41.